The van der Waals surface area contributed by atoms with E-state index in [-0.39, 0.29) is 35.3 Å². The molecule has 0 bridgehead atoms. The summed E-state index contributed by atoms with van der Waals surface area (Å²) in [5.41, 5.74) is 7.74. The van der Waals surface area contributed by atoms with Crippen molar-refractivity contribution in [1.82, 2.24) is 34.0 Å². The van der Waals surface area contributed by atoms with Crippen LogP contribution in [-0.2, 0) is 29.6 Å². The van der Waals surface area contributed by atoms with E-state index in [9.17, 15) is 26.4 Å². The average molecular weight is 626 g/mol. The maximum absolute atomic E-state index is 13.3. The van der Waals surface area contributed by atoms with Crippen molar-refractivity contribution in [3.05, 3.63) is 89.9 Å². The van der Waals surface area contributed by atoms with Crippen LogP contribution in [0.2, 0.25) is 0 Å². The first-order valence-electron chi connectivity index (χ1n) is 13.4. The highest BCUT2D eigenvalue weighted by Crippen LogP contribution is 2.35. The Morgan fingerprint density at radius 3 is 2.61 bits per heavy atom. The number of anilines is 2. The molecular weight excluding hydrogens is 599 g/mol. The Bertz CT molecular complexity index is 1970. The minimum absolute atomic E-state index is 0.0483. The summed E-state index contributed by atoms with van der Waals surface area (Å²) in [5.74, 6) is -0.532. The zero-order valence-corrected chi connectivity index (χ0v) is 24.0. The molecule has 1 fully saturated rings. The molecule has 4 aromatic heterocycles. The van der Waals surface area contributed by atoms with E-state index in [0.717, 1.165) is 23.9 Å². The summed E-state index contributed by atoms with van der Waals surface area (Å²) in [6.07, 6.45) is 3.08. The van der Waals surface area contributed by atoms with E-state index < -0.39 is 32.7 Å². The van der Waals surface area contributed by atoms with E-state index in [2.05, 4.69) is 20.4 Å². The van der Waals surface area contributed by atoms with Crippen LogP contribution in [0.15, 0.2) is 67.4 Å². The molecule has 0 spiro atoms. The van der Waals surface area contributed by atoms with Gasteiger partial charge < -0.3 is 11.1 Å². The number of fused-ring (bicyclic) bond motifs is 1. The molecule has 6 rings (SSSR count). The van der Waals surface area contributed by atoms with Crippen LogP contribution in [0.25, 0.3) is 16.8 Å². The number of rotatable bonds is 6. The number of aromatic nitrogens is 6. The van der Waals surface area contributed by atoms with Gasteiger partial charge in [-0.3, -0.25) is 18.8 Å². The average Bonchev–Trinajstić information content (AvgIpc) is 3.57. The fourth-order valence-corrected chi connectivity index (χ4v) is 6.92. The minimum atomic E-state index is -4.58. The first-order chi connectivity index (χ1) is 20.9. The van der Waals surface area contributed by atoms with E-state index in [4.69, 9.17) is 10.7 Å². The molecular formula is C28H26F3N9O3S. The SMILES string of the molecule is Cn1cc(CN2CCS(=O)(=O)C(c3nc(-c4ccc(C(=O)Nc5cc(C(F)(F)F)ccn5)cc4)c4c(N)nccn34)C2)cn1. The molecule has 228 valence electrons. The number of carbonyl (C=O) groups is 1. The van der Waals surface area contributed by atoms with Gasteiger partial charge in [0.1, 0.15) is 33.9 Å². The number of nitrogens with two attached hydrogens (primary N) is 1. The van der Waals surface area contributed by atoms with Crippen LogP contribution in [-0.4, -0.2) is 67.2 Å². The number of benzene rings is 1. The molecule has 16 heteroatoms. The number of hydrogen-bond donors (Lipinski definition) is 2. The number of alkyl halides is 3. The van der Waals surface area contributed by atoms with E-state index in [1.54, 1.807) is 33.6 Å². The molecule has 1 atom stereocenters. The lowest BCUT2D eigenvalue weighted by molar-refractivity contribution is -0.137. The summed E-state index contributed by atoms with van der Waals surface area (Å²) in [4.78, 5) is 27.6. The van der Waals surface area contributed by atoms with Crippen LogP contribution in [0.3, 0.4) is 0 Å². The third-order valence-electron chi connectivity index (χ3n) is 7.36. The molecule has 1 aromatic carbocycles. The zero-order chi connectivity index (χ0) is 31.2. The lowest BCUT2D eigenvalue weighted by Crippen LogP contribution is -2.42. The Labute approximate surface area is 249 Å². The van der Waals surface area contributed by atoms with E-state index in [1.807, 2.05) is 18.1 Å². The monoisotopic (exact) mass is 625 g/mol. The van der Waals surface area contributed by atoms with Crippen molar-refractivity contribution in [3.63, 3.8) is 0 Å². The van der Waals surface area contributed by atoms with Gasteiger partial charge in [0, 0.05) is 68.2 Å². The molecule has 0 radical (unpaired) electrons. The van der Waals surface area contributed by atoms with Gasteiger partial charge in [0.2, 0.25) is 0 Å². The first-order valence-corrected chi connectivity index (χ1v) is 15.1. The highest BCUT2D eigenvalue weighted by atomic mass is 32.2. The van der Waals surface area contributed by atoms with Crippen molar-refractivity contribution in [2.45, 2.75) is 18.0 Å². The van der Waals surface area contributed by atoms with E-state index >= 15 is 0 Å². The molecule has 5 heterocycles. The summed E-state index contributed by atoms with van der Waals surface area (Å²) in [6.45, 7) is 1.10. The molecule has 5 aromatic rings. The van der Waals surface area contributed by atoms with E-state index in [0.29, 0.717) is 29.9 Å². The highest BCUT2D eigenvalue weighted by Gasteiger charge is 2.38. The van der Waals surface area contributed by atoms with Gasteiger partial charge in [-0.25, -0.2) is 23.4 Å². The summed E-state index contributed by atoms with van der Waals surface area (Å²) >= 11 is 0. The van der Waals surface area contributed by atoms with Gasteiger partial charge in [-0.2, -0.15) is 18.3 Å². The van der Waals surface area contributed by atoms with Crippen molar-refractivity contribution >= 4 is 32.9 Å². The number of aryl methyl sites for hydroxylation is 1. The number of pyridine rings is 1. The lowest BCUT2D eigenvalue weighted by atomic mass is 10.1. The standard InChI is InChI=1S/C28H26F3N9O3S/c1-38-14-17(13-35-38)15-39-10-11-44(42,43)21(16-39)26-37-23(24-25(32)34-8-9-40(24)26)18-2-4-19(5-3-18)27(41)36-22-12-20(6-7-33-22)28(29,30)31/h2-9,12-14,21H,10-11,15-16H2,1H3,(H2,32,34)(H,33,36,41). The molecule has 12 nitrogen and oxygen atoms in total. The number of carbonyl (C=O) groups excluding carboxylic acids is 1. The van der Waals surface area contributed by atoms with Gasteiger partial charge >= 0.3 is 6.18 Å². The van der Waals surface area contributed by atoms with Crippen molar-refractivity contribution in [1.29, 1.82) is 0 Å². The molecule has 44 heavy (non-hydrogen) atoms. The van der Waals surface area contributed by atoms with Crippen LogP contribution in [0.1, 0.15) is 32.6 Å². The second-order valence-corrected chi connectivity index (χ2v) is 12.7. The number of nitrogens with zero attached hydrogens (tertiary/aromatic N) is 7. The molecule has 1 saturated heterocycles. The van der Waals surface area contributed by atoms with Crippen molar-refractivity contribution in [2.75, 3.05) is 29.9 Å². The molecule has 3 N–H and O–H groups in total. The Morgan fingerprint density at radius 2 is 1.91 bits per heavy atom. The largest absolute Gasteiger partial charge is 0.416 e. The predicted molar refractivity (Wildman–Crippen MR) is 155 cm³/mol. The third-order valence-corrected chi connectivity index (χ3v) is 9.34. The summed E-state index contributed by atoms with van der Waals surface area (Å²) in [5, 5.41) is 5.62. The van der Waals surface area contributed by atoms with Gasteiger partial charge in [-0.1, -0.05) is 12.1 Å². The maximum atomic E-state index is 13.3. The van der Waals surface area contributed by atoms with Crippen LogP contribution in [0, 0.1) is 0 Å². The Morgan fingerprint density at radius 1 is 1.14 bits per heavy atom. The molecule has 1 aliphatic rings. The summed E-state index contributed by atoms with van der Waals surface area (Å²) in [7, 11) is -1.75. The van der Waals surface area contributed by atoms with Crippen LogP contribution in [0.4, 0.5) is 24.8 Å². The number of nitrogens with one attached hydrogen (secondary N) is 1. The Hall–Kier alpha value is -4.83. The van der Waals surface area contributed by atoms with E-state index in [1.165, 1.54) is 18.3 Å². The number of nitrogen functional groups attached to an aromatic ring is 1. The number of hydrogen-bond acceptors (Lipinski definition) is 9. The van der Waals surface area contributed by atoms with Crippen molar-refractivity contribution in [2.24, 2.45) is 7.05 Å². The second-order valence-electron chi connectivity index (χ2n) is 10.4. The molecule has 0 aliphatic carbocycles. The lowest BCUT2D eigenvalue weighted by Gasteiger charge is -2.31. The maximum Gasteiger partial charge on any atom is 0.416 e. The van der Waals surface area contributed by atoms with Crippen LogP contribution in [0.5, 0.6) is 0 Å². The number of sulfone groups is 1. The molecule has 1 unspecified atom stereocenters. The Kier molecular flexibility index (Phi) is 7.33. The Balaban J connectivity index is 1.30. The minimum Gasteiger partial charge on any atom is -0.382 e. The number of amides is 1. The van der Waals surface area contributed by atoms with Gasteiger partial charge in [-0.15, -0.1) is 0 Å². The van der Waals surface area contributed by atoms with Crippen LogP contribution < -0.4 is 11.1 Å². The van der Waals surface area contributed by atoms with Crippen molar-refractivity contribution in [3.8, 4) is 11.3 Å². The smallest absolute Gasteiger partial charge is 0.382 e. The van der Waals surface area contributed by atoms with Gasteiger partial charge in [-0.05, 0) is 24.3 Å². The fraction of sp³-hybridized carbons (Fsp3) is 0.250. The topological polar surface area (TPSA) is 153 Å². The predicted octanol–water partition coefficient (Wildman–Crippen LogP) is 3.35. The first kappa shape index (κ1) is 29.3. The molecule has 0 saturated carbocycles. The fourth-order valence-electron chi connectivity index (χ4n) is 5.19. The normalized spacial score (nSPS) is 17.1. The highest BCUT2D eigenvalue weighted by molar-refractivity contribution is 7.91. The van der Waals surface area contributed by atoms with Crippen LogP contribution >= 0.6 is 0 Å². The quantitative estimate of drug-likeness (QED) is 0.289. The third kappa shape index (κ3) is 5.72. The summed E-state index contributed by atoms with van der Waals surface area (Å²) < 4.78 is 69.2. The number of halogens is 3. The molecule has 1 amide bonds. The van der Waals surface area contributed by atoms with Gasteiger partial charge in [0.05, 0.1) is 17.5 Å². The number of imidazole rings is 1. The zero-order valence-electron chi connectivity index (χ0n) is 23.2. The van der Waals surface area contributed by atoms with Gasteiger partial charge in [0.25, 0.3) is 5.91 Å². The molecule has 1 aliphatic heterocycles. The van der Waals surface area contributed by atoms with Crippen molar-refractivity contribution < 1.29 is 26.4 Å². The van der Waals surface area contributed by atoms with Gasteiger partial charge in [0.15, 0.2) is 9.84 Å². The summed E-state index contributed by atoms with van der Waals surface area (Å²) in [6, 6.07) is 7.70. The second kappa shape index (κ2) is 11.0.